The Kier molecular flexibility index (Phi) is 6.84. The van der Waals surface area contributed by atoms with E-state index in [0.29, 0.717) is 50.3 Å². The molecule has 2 amide bonds. The molecule has 4 rings (SSSR count). The molecule has 3 aromatic rings. The summed E-state index contributed by atoms with van der Waals surface area (Å²) in [6, 6.07) is 19.8. The fraction of sp³-hybridized carbons (Fsp3) is 0.320. The van der Waals surface area contributed by atoms with E-state index in [2.05, 4.69) is 5.32 Å². The first-order valence-corrected chi connectivity index (χ1v) is 11.0. The molecule has 0 atom stereocenters. The Bertz CT molecular complexity index is 1040. The van der Waals surface area contributed by atoms with Crippen molar-refractivity contribution in [2.45, 2.75) is 32.4 Å². The van der Waals surface area contributed by atoms with Crippen LogP contribution in [0.1, 0.15) is 35.7 Å². The number of carbonyl (C=O) groups is 2. The number of likely N-dealkylation sites (tertiary alicyclic amines) is 1. The number of amides is 2. The summed E-state index contributed by atoms with van der Waals surface area (Å²) in [7, 11) is 0. The van der Waals surface area contributed by atoms with Gasteiger partial charge in [0.05, 0.1) is 18.7 Å². The second-order valence-corrected chi connectivity index (χ2v) is 7.87. The molecule has 32 heavy (non-hydrogen) atoms. The summed E-state index contributed by atoms with van der Waals surface area (Å²) in [5.74, 6) is -0.141. The van der Waals surface area contributed by atoms with Crippen molar-refractivity contribution in [1.82, 2.24) is 20.0 Å². The molecular weight excluding hydrogens is 404 g/mol. The lowest BCUT2D eigenvalue weighted by atomic mass is 10.0. The number of nitrogens with zero attached hydrogens (tertiary/aromatic N) is 3. The van der Waals surface area contributed by atoms with Crippen molar-refractivity contribution >= 4 is 12.0 Å². The standard InChI is InChI=1S/C25H28N4O3/c1-2-32-25(31)28-15-13-21(14-16-28)26-24(30)22-18-29(17-19-9-5-3-6-10-19)27-23(22)20-11-7-4-8-12-20/h3-12,18,21H,2,13-17H2,1H3,(H,26,30). The lowest BCUT2D eigenvalue weighted by Crippen LogP contribution is -2.46. The van der Waals surface area contributed by atoms with Crippen LogP contribution in [-0.4, -0.2) is 52.4 Å². The lowest BCUT2D eigenvalue weighted by Gasteiger charge is -2.31. The van der Waals surface area contributed by atoms with Crippen molar-refractivity contribution < 1.29 is 14.3 Å². The molecule has 1 fully saturated rings. The SMILES string of the molecule is CCOC(=O)N1CCC(NC(=O)c2cn(Cc3ccccc3)nc2-c2ccccc2)CC1. The minimum Gasteiger partial charge on any atom is -0.450 e. The third-order valence-corrected chi connectivity index (χ3v) is 5.60. The maximum absolute atomic E-state index is 13.2. The molecule has 2 heterocycles. The van der Waals surface area contributed by atoms with E-state index < -0.39 is 0 Å². The van der Waals surface area contributed by atoms with E-state index in [0.717, 1.165) is 11.1 Å². The highest BCUT2D eigenvalue weighted by molar-refractivity contribution is 6.00. The number of rotatable bonds is 6. The lowest BCUT2D eigenvalue weighted by molar-refractivity contribution is 0.0860. The van der Waals surface area contributed by atoms with Gasteiger partial charge in [0.1, 0.15) is 5.69 Å². The van der Waals surface area contributed by atoms with Crippen LogP contribution >= 0.6 is 0 Å². The molecule has 1 aliphatic rings. The molecule has 1 aliphatic heterocycles. The zero-order chi connectivity index (χ0) is 22.3. The third-order valence-electron chi connectivity index (χ3n) is 5.60. The quantitative estimate of drug-likeness (QED) is 0.640. The molecule has 0 unspecified atom stereocenters. The Morgan fingerprint density at radius 3 is 2.34 bits per heavy atom. The van der Waals surface area contributed by atoms with E-state index in [1.54, 1.807) is 11.8 Å². The van der Waals surface area contributed by atoms with Gasteiger partial charge in [-0.1, -0.05) is 60.7 Å². The number of piperidine rings is 1. The van der Waals surface area contributed by atoms with Gasteiger partial charge in [0.15, 0.2) is 0 Å². The minimum atomic E-state index is -0.286. The smallest absolute Gasteiger partial charge is 0.409 e. The van der Waals surface area contributed by atoms with Gasteiger partial charge in [0, 0.05) is 30.9 Å². The van der Waals surface area contributed by atoms with Crippen molar-refractivity contribution in [3.63, 3.8) is 0 Å². The van der Waals surface area contributed by atoms with Crippen LogP contribution in [0.4, 0.5) is 4.79 Å². The van der Waals surface area contributed by atoms with Crippen molar-refractivity contribution in [3.05, 3.63) is 78.0 Å². The predicted octanol–water partition coefficient (Wildman–Crippen LogP) is 3.95. The molecule has 1 N–H and O–H groups in total. The monoisotopic (exact) mass is 432 g/mol. The third kappa shape index (κ3) is 5.17. The largest absolute Gasteiger partial charge is 0.450 e. The number of hydrogen-bond acceptors (Lipinski definition) is 4. The number of nitrogens with one attached hydrogen (secondary N) is 1. The molecule has 7 heteroatoms. The zero-order valence-electron chi connectivity index (χ0n) is 18.2. The van der Waals surface area contributed by atoms with Gasteiger partial charge < -0.3 is 15.0 Å². The van der Waals surface area contributed by atoms with Crippen LogP contribution in [0, 0.1) is 0 Å². The first-order chi connectivity index (χ1) is 15.6. The molecule has 1 saturated heterocycles. The van der Waals surface area contributed by atoms with Gasteiger partial charge in [0.2, 0.25) is 0 Å². The first-order valence-electron chi connectivity index (χ1n) is 11.0. The summed E-state index contributed by atoms with van der Waals surface area (Å²) in [6.45, 7) is 3.90. The van der Waals surface area contributed by atoms with E-state index in [1.807, 2.05) is 71.5 Å². The minimum absolute atomic E-state index is 0.00859. The van der Waals surface area contributed by atoms with E-state index in [-0.39, 0.29) is 18.0 Å². The van der Waals surface area contributed by atoms with Crippen LogP contribution < -0.4 is 5.32 Å². The van der Waals surface area contributed by atoms with E-state index in [1.165, 1.54) is 0 Å². The second-order valence-electron chi connectivity index (χ2n) is 7.87. The van der Waals surface area contributed by atoms with E-state index >= 15 is 0 Å². The van der Waals surface area contributed by atoms with Crippen molar-refractivity contribution in [3.8, 4) is 11.3 Å². The van der Waals surface area contributed by atoms with E-state index in [4.69, 9.17) is 9.84 Å². The Hall–Kier alpha value is -3.61. The highest BCUT2D eigenvalue weighted by Gasteiger charge is 2.26. The molecule has 0 saturated carbocycles. The molecule has 7 nitrogen and oxygen atoms in total. The van der Waals surface area contributed by atoms with Gasteiger partial charge in [-0.05, 0) is 25.3 Å². The average Bonchev–Trinajstić information content (AvgIpc) is 3.25. The number of ether oxygens (including phenoxy) is 1. The van der Waals surface area contributed by atoms with Crippen LogP contribution in [0.25, 0.3) is 11.3 Å². The Balaban J connectivity index is 1.49. The number of carbonyl (C=O) groups excluding carboxylic acids is 2. The van der Waals surface area contributed by atoms with Gasteiger partial charge in [-0.3, -0.25) is 9.48 Å². The Morgan fingerprint density at radius 1 is 1.03 bits per heavy atom. The van der Waals surface area contributed by atoms with Crippen LogP contribution in [0.15, 0.2) is 66.9 Å². The van der Waals surface area contributed by atoms with Crippen molar-refractivity contribution in [1.29, 1.82) is 0 Å². The maximum atomic E-state index is 13.2. The maximum Gasteiger partial charge on any atom is 0.409 e. The molecule has 0 aliphatic carbocycles. The van der Waals surface area contributed by atoms with Gasteiger partial charge in [0.25, 0.3) is 5.91 Å². The average molecular weight is 433 g/mol. The van der Waals surface area contributed by atoms with Gasteiger partial charge in [-0.25, -0.2) is 4.79 Å². The first kappa shape index (κ1) is 21.6. The highest BCUT2D eigenvalue weighted by Crippen LogP contribution is 2.23. The summed E-state index contributed by atoms with van der Waals surface area (Å²) in [5, 5.41) is 7.87. The fourth-order valence-electron chi connectivity index (χ4n) is 3.93. The van der Waals surface area contributed by atoms with Crippen molar-refractivity contribution in [2.24, 2.45) is 0 Å². The Morgan fingerprint density at radius 2 is 1.69 bits per heavy atom. The number of hydrogen-bond donors (Lipinski definition) is 1. The summed E-state index contributed by atoms with van der Waals surface area (Å²) in [5.41, 5.74) is 3.25. The highest BCUT2D eigenvalue weighted by atomic mass is 16.6. The van der Waals surface area contributed by atoms with Crippen LogP contribution in [0.5, 0.6) is 0 Å². The topological polar surface area (TPSA) is 76.5 Å². The molecule has 0 spiro atoms. The molecular formula is C25H28N4O3. The normalized spacial score (nSPS) is 14.2. The zero-order valence-corrected chi connectivity index (χ0v) is 18.2. The van der Waals surface area contributed by atoms with Crippen molar-refractivity contribution in [2.75, 3.05) is 19.7 Å². The molecule has 0 radical (unpaired) electrons. The van der Waals surface area contributed by atoms with E-state index in [9.17, 15) is 9.59 Å². The van der Waals surface area contributed by atoms with Crippen LogP contribution in [0.3, 0.4) is 0 Å². The van der Waals surface area contributed by atoms with Crippen LogP contribution in [-0.2, 0) is 11.3 Å². The summed E-state index contributed by atoms with van der Waals surface area (Å²) in [4.78, 5) is 26.8. The molecule has 0 bridgehead atoms. The summed E-state index contributed by atoms with van der Waals surface area (Å²) >= 11 is 0. The fourth-order valence-corrected chi connectivity index (χ4v) is 3.93. The summed E-state index contributed by atoms with van der Waals surface area (Å²) < 4.78 is 6.89. The van der Waals surface area contributed by atoms with Crippen LogP contribution in [0.2, 0.25) is 0 Å². The second kappa shape index (κ2) is 10.1. The molecule has 166 valence electrons. The summed E-state index contributed by atoms with van der Waals surface area (Å²) in [6.07, 6.45) is 2.93. The Labute approximate surface area is 188 Å². The van der Waals surface area contributed by atoms with Gasteiger partial charge >= 0.3 is 6.09 Å². The van der Waals surface area contributed by atoms with Gasteiger partial charge in [-0.2, -0.15) is 5.10 Å². The number of benzene rings is 2. The predicted molar refractivity (Wildman–Crippen MR) is 122 cm³/mol. The number of aromatic nitrogens is 2. The molecule has 2 aromatic carbocycles. The molecule has 1 aromatic heterocycles. The van der Waals surface area contributed by atoms with Gasteiger partial charge in [-0.15, -0.1) is 0 Å².